The van der Waals surface area contributed by atoms with Gasteiger partial charge in [0.25, 0.3) is 0 Å². The van der Waals surface area contributed by atoms with E-state index in [9.17, 15) is 10.4 Å². The molecule has 0 aliphatic carbocycles. The Morgan fingerprint density at radius 1 is 1.00 bits per heavy atom. The molecule has 0 saturated carbocycles. The third-order valence-electron chi connectivity index (χ3n) is 6.14. The van der Waals surface area contributed by atoms with Gasteiger partial charge in [-0.3, -0.25) is 0 Å². The molecule has 0 heterocycles. The summed E-state index contributed by atoms with van der Waals surface area (Å²) in [7, 11) is 4.74. The fourth-order valence-electron chi connectivity index (χ4n) is 4.09. The van der Waals surface area contributed by atoms with Gasteiger partial charge in [-0.25, -0.2) is 0 Å². The van der Waals surface area contributed by atoms with Gasteiger partial charge in [0.2, 0.25) is 5.75 Å². The summed E-state index contributed by atoms with van der Waals surface area (Å²) in [5.74, 6) is 2.51. The minimum atomic E-state index is -0.671. The van der Waals surface area contributed by atoms with E-state index in [-0.39, 0.29) is 12.5 Å². The molecule has 2 rings (SSSR count). The minimum absolute atomic E-state index is 0.00933. The van der Waals surface area contributed by atoms with E-state index < -0.39 is 5.41 Å². The number of hydrogen-bond donors (Lipinski definition) is 2. The zero-order valence-corrected chi connectivity index (χ0v) is 21.0. The number of hydrogen-bond acceptors (Lipinski definition) is 7. The molecule has 7 nitrogen and oxygen atoms in total. The second kappa shape index (κ2) is 13.7. The Balaban J connectivity index is 1.92. The molecule has 2 aromatic rings. The van der Waals surface area contributed by atoms with Crippen LogP contribution in [0.3, 0.4) is 0 Å². The van der Waals surface area contributed by atoms with Crippen LogP contribution in [0, 0.1) is 17.2 Å². The third-order valence-corrected chi connectivity index (χ3v) is 6.14. The highest BCUT2D eigenvalue weighted by molar-refractivity contribution is 5.56. The van der Waals surface area contributed by atoms with E-state index in [0.29, 0.717) is 30.3 Å². The van der Waals surface area contributed by atoms with E-state index in [1.54, 1.807) is 21.3 Å². The zero-order valence-electron chi connectivity index (χ0n) is 21.0. The molecule has 34 heavy (non-hydrogen) atoms. The molecule has 7 heteroatoms. The van der Waals surface area contributed by atoms with Crippen LogP contribution in [0.25, 0.3) is 0 Å². The van der Waals surface area contributed by atoms with Crippen LogP contribution < -0.4 is 24.3 Å². The van der Waals surface area contributed by atoms with Crippen molar-refractivity contribution in [1.82, 2.24) is 5.32 Å². The molecule has 0 amide bonds. The van der Waals surface area contributed by atoms with Gasteiger partial charge in [-0.15, -0.1) is 0 Å². The van der Waals surface area contributed by atoms with Crippen molar-refractivity contribution >= 4 is 0 Å². The first-order valence-corrected chi connectivity index (χ1v) is 11.7. The Morgan fingerprint density at radius 3 is 2.24 bits per heavy atom. The Morgan fingerprint density at radius 2 is 1.68 bits per heavy atom. The second-order valence-electron chi connectivity index (χ2n) is 8.51. The number of methoxy groups -OCH3 is 3. The minimum Gasteiger partial charge on any atom is -0.494 e. The predicted octanol–water partition coefficient (Wildman–Crippen LogP) is 4.46. The van der Waals surface area contributed by atoms with Gasteiger partial charge < -0.3 is 29.4 Å². The molecule has 0 saturated heterocycles. The number of ether oxygens (including phenoxy) is 4. The third kappa shape index (κ3) is 6.78. The molecule has 0 aliphatic heterocycles. The lowest BCUT2D eigenvalue weighted by atomic mass is 9.69. The lowest BCUT2D eigenvalue weighted by Gasteiger charge is -2.32. The molecule has 186 valence electrons. The van der Waals surface area contributed by atoms with Crippen molar-refractivity contribution in [3.05, 3.63) is 47.5 Å². The number of nitrogens with one attached hydrogen (secondary N) is 1. The molecule has 0 aliphatic rings. The Hall–Kier alpha value is -2.95. The highest BCUT2D eigenvalue weighted by Crippen LogP contribution is 2.45. The molecule has 1 unspecified atom stereocenters. The SMILES string of the molecule is COc1cc(C(C#N)(CCCNCCCOc2cccc(CO)c2)C(C)C)cc(OC)c1OC. The average Bonchev–Trinajstić information content (AvgIpc) is 2.86. The topological polar surface area (TPSA) is 93.0 Å². The van der Waals surface area contributed by atoms with Gasteiger partial charge in [0.1, 0.15) is 5.75 Å². The summed E-state index contributed by atoms with van der Waals surface area (Å²) in [4.78, 5) is 0. The summed E-state index contributed by atoms with van der Waals surface area (Å²) in [6, 6.07) is 13.9. The number of nitriles is 1. The maximum absolute atomic E-state index is 10.3. The number of aliphatic hydroxyl groups excluding tert-OH is 1. The van der Waals surface area contributed by atoms with Crippen LogP contribution in [-0.2, 0) is 12.0 Å². The quantitative estimate of drug-likeness (QED) is 0.371. The summed E-state index contributed by atoms with van der Waals surface area (Å²) in [5, 5.41) is 22.9. The van der Waals surface area contributed by atoms with Gasteiger partial charge in [0.15, 0.2) is 11.5 Å². The molecule has 0 spiro atoms. The van der Waals surface area contributed by atoms with Gasteiger partial charge in [-0.1, -0.05) is 26.0 Å². The average molecular weight is 471 g/mol. The summed E-state index contributed by atoms with van der Waals surface area (Å²) >= 11 is 0. The van der Waals surface area contributed by atoms with Crippen LogP contribution >= 0.6 is 0 Å². The van der Waals surface area contributed by atoms with Gasteiger partial charge in [0.05, 0.1) is 46.0 Å². The Kier molecular flexibility index (Phi) is 11.0. The first kappa shape index (κ1) is 27.3. The van der Waals surface area contributed by atoms with Crippen LogP contribution in [-0.4, -0.2) is 46.1 Å². The van der Waals surface area contributed by atoms with Crippen molar-refractivity contribution in [3.63, 3.8) is 0 Å². The van der Waals surface area contributed by atoms with Crippen LogP contribution in [0.4, 0.5) is 0 Å². The molecule has 0 aromatic heterocycles. The monoisotopic (exact) mass is 470 g/mol. The molecule has 0 bridgehead atoms. The van der Waals surface area contributed by atoms with Gasteiger partial charge in [-0.2, -0.15) is 5.26 Å². The van der Waals surface area contributed by atoms with E-state index in [0.717, 1.165) is 42.8 Å². The molecule has 0 fully saturated rings. The number of rotatable bonds is 15. The predicted molar refractivity (Wildman–Crippen MR) is 133 cm³/mol. The molecule has 0 radical (unpaired) electrons. The van der Waals surface area contributed by atoms with Crippen molar-refractivity contribution < 1.29 is 24.1 Å². The first-order chi connectivity index (χ1) is 16.4. The lowest BCUT2D eigenvalue weighted by molar-refractivity contribution is 0.278. The van der Waals surface area contributed by atoms with E-state index in [1.165, 1.54) is 0 Å². The lowest BCUT2D eigenvalue weighted by Crippen LogP contribution is -2.32. The van der Waals surface area contributed by atoms with Gasteiger partial charge >= 0.3 is 0 Å². The fraction of sp³-hybridized carbons (Fsp3) is 0.519. The Bertz CT molecular complexity index is 916. The van der Waals surface area contributed by atoms with E-state index in [1.807, 2.05) is 36.4 Å². The van der Waals surface area contributed by atoms with Crippen LogP contribution in [0.1, 0.15) is 44.2 Å². The molecular weight excluding hydrogens is 432 g/mol. The van der Waals surface area contributed by atoms with E-state index >= 15 is 0 Å². The summed E-state index contributed by atoms with van der Waals surface area (Å²) < 4.78 is 22.2. The molecule has 2 N–H and O–H groups in total. The first-order valence-electron chi connectivity index (χ1n) is 11.7. The number of benzene rings is 2. The second-order valence-corrected chi connectivity index (χ2v) is 8.51. The fourth-order valence-corrected chi connectivity index (χ4v) is 4.09. The van der Waals surface area contributed by atoms with E-state index in [4.69, 9.17) is 18.9 Å². The maximum Gasteiger partial charge on any atom is 0.203 e. The normalized spacial score (nSPS) is 12.6. The summed E-state index contributed by atoms with van der Waals surface area (Å²) in [6.07, 6.45) is 2.42. The standard InChI is InChI=1S/C27H38N2O5/c1-20(2)27(19-28,22-16-24(31-3)26(33-5)25(17-22)32-4)11-7-12-29-13-8-14-34-23-10-6-9-21(15-23)18-30/h6,9-10,15-17,20,29-30H,7-8,11-14,18H2,1-5H3. The van der Waals surface area contributed by atoms with Crippen LogP contribution in [0.15, 0.2) is 36.4 Å². The van der Waals surface area contributed by atoms with Crippen molar-refractivity contribution in [3.8, 4) is 29.1 Å². The van der Waals surface area contributed by atoms with Crippen LogP contribution in [0.2, 0.25) is 0 Å². The summed E-state index contributed by atoms with van der Waals surface area (Å²) in [5.41, 5.74) is 1.04. The van der Waals surface area contributed by atoms with Gasteiger partial charge in [0, 0.05) is 0 Å². The highest BCUT2D eigenvalue weighted by atomic mass is 16.5. The van der Waals surface area contributed by atoms with E-state index in [2.05, 4.69) is 25.2 Å². The maximum atomic E-state index is 10.3. The largest absolute Gasteiger partial charge is 0.494 e. The Labute approximate surface area is 203 Å². The molecule has 2 aromatic carbocycles. The summed E-state index contributed by atoms with van der Waals surface area (Å²) in [6.45, 7) is 6.38. The van der Waals surface area contributed by atoms with Crippen molar-refractivity contribution in [2.45, 2.75) is 45.1 Å². The van der Waals surface area contributed by atoms with Crippen molar-refractivity contribution in [2.24, 2.45) is 5.92 Å². The molecule has 1 atom stereocenters. The number of nitrogens with zero attached hydrogens (tertiary/aromatic N) is 1. The van der Waals surface area contributed by atoms with Crippen molar-refractivity contribution in [1.29, 1.82) is 5.26 Å². The van der Waals surface area contributed by atoms with Gasteiger partial charge in [-0.05, 0) is 73.7 Å². The van der Waals surface area contributed by atoms with Crippen LogP contribution in [0.5, 0.6) is 23.0 Å². The van der Waals surface area contributed by atoms with Crippen molar-refractivity contribution in [2.75, 3.05) is 41.0 Å². The smallest absolute Gasteiger partial charge is 0.203 e. The zero-order chi connectivity index (χ0) is 25.0. The number of aliphatic hydroxyl groups is 1. The highest BCUT2D eigenvalue weighted by Gasteiger charge is 2.37. The molecular formula is C27H38N2O5.